The zero-order valence-corrected chi connectivity index (χ0v) is 16.7. The van der Waals surface area contributed by atoms with Crippen LogP contribution in [0.3, 0.4) is 0 Å². The van der Waals surface area contributed by atoms with Gasteiger partial charge in [0.05, 0.1) is 17.2 Å². The minimum Gasteiger partial charge on any atom is -0.489 e. The number of methoxy groups -OCH3 is 1. The molecular formula is C18H24ClN3O4S. The molecule has 1 aromatic carbocycles. The summed E-state index contributed by atoms with van der Waals surface area (Å²) in [6, 6.07) is 5.80. The van der Waals surface area contributed by atoms with Crippen molar-refractivity contribution in [3.63, 3.8) is 0 Å². The maximum atomic E-state index is 11.9. The number of thioether (sulfide) groups is 1. The highest BCUT2D eigenvalue weighted by Gasteiger charge is 2.27. The first-order chi connectivity index (χ1) is 12.6. The SMILES string of the molecule is COCCOc1cccc(/C=C2/SC(=O)NC2=O)c1N1CCCC(N)C1.Cl. The molecule has 0 aliphatic carbocycles. The Labute approximate surface area is 169 Å². The zero-order chi connectivity index (χ0) is 18.5. The van der Waals surface area contributed by atoms with Gasteiger partial charge in [0.1, 0.15) is 12.4 Å². The molecular weight excluding hydrogens is 390 g/mol. The van der Waals surface area contributed by atoms with E-state index in [1.807, 2.05) is 18.2 Å². The number of hydrogen-bond donors (Lipinski definition) is 2. The third-order valence-electron chi connectivity index (χ3n) is 4.28. The van der Waals surface area contributed by atoms with E-state index in [4.69, 9.17) is 15.2 Å². The fourth-order valence-corrected chi connectivity index (χ4v) is 3.79. The first kappa shape index (κ1) is 21.6. The van der Waals surface area contributed by atoms with Gasteiger partial charge in [-0.2, -0.15) is 0 Å². The molecule has 2 aliphatic heterocycles. The summed E-state index contributed by atoms with van der Waals surface area (Å²) in [5, 5.41) is 1.93. The number of piperidine rings is 1. The van der Waals surface area contributed by atoms with Crippen LogP contribution in [0.25, 0.3) is 6.08 Å². The number of nitrogens with zero attached hydrogens (tertiary/aromatic N) is 1. The Morgan fingerprint density at radius 2 is 2.19 bits per heavy atom. The third-order valence-corrected chi connectivity index (χ3v) is 5.09. The Kier molecular flexibility index (Phi) is 7.97. The number of rotatable bonds is 6. The number of benzene rings is 1. The maximum Gasteiger partial charge on any atom is 0.290 e. The Bertz CT molecular complexity index is 729. The topological polar surface area (TPSA) is 93.9 Å². The molecule has 7 nitrogen and oxygen atoms in total. The first-order valence-electron chi connectivity index (χ1n) is 8.58. The van der Waals surface area contributed by atoms with Crippen LogP contribution in [0, 0.1) is 0 Å². The van der Waals surface area contributed by atoms with Crippen molar-refractivity contribution < 1.29 is 19.1 Å². The fraction of sp³-hybridized carbons (Fsp3) is 0.444. The van der Waals surface area contributed by atoms with Gasteiger partial charge < -0.3 is 20.1 Å². The van der Waals surface area contributed by atoms with Crippen molar-refractivity contribution in [2.75, 3.05) is 38.3 Å². The monoisotopic (exact) mass is 413 g/mol. The number of carbonyl (C=O) groups is 2. The number of ether oxygens (including phenoxy) is 2. The molecule has 0 saturated carbocycles. The lowest BCUT2D eigenvalue weighted by Gasteiger charge is -2.34. The number of nitrogens with one attached hydrogen (secondary N) is 1. The molecule has 148 valence electrons. The summed E-state index contributed by atoms with van der Waals surface area (Å²) in [6.07, 6.45) is 3.73. The van der Waals surface area contributed by atoms with Crippen LogP contribution in [-0.2, 0) is 9.53 Å². The molecule has 9 heteroatoms. The standard InChI is InChI=1S/C18H23N3O4S.ClH/c1-24-8-9-25-14-6-2-4-12(10-15-17(22)20-18(23)26-15)16(14)21-7-3-5-13(19)11-21;/h2,4,6,10,13H,3,5,7-9,11,19H2,1H3,(H,20,22,23);1H/b15-10+;. The lowest BCUT2D eigenvalue weighted by atomic mass is 10.0. The largest absolute Gasteiger partial charge is 0.489 e. The van der Waals surface area contributed by atoms with Crippen LogP contribution in [-0.4, -0.2) is 50.6 Å². The van der Waals surface area contributed by atoms with E-state index in [0.29, 0.717) is 18.1 Å². The maximum absolute atomic E-state index is 11.9. The minimum atomic E-state index is -0.369. The summed E-state index contributed by atoms with van der Waals surface area (Å²) in [4.78, 5) is 25.9. The number of anilines is 1. The van der Waals surface area contributed by atoms with Crippen LogP contribution in [0.15, 0.2) is 23.1 Å². The summed E-state index contributed by atoms with van der Waals surface area (Å²) < 4.78 is 11.0. The summed E-state index contributed by atoms with van der Waals surface area (Å²) in [5.74, 6) is 0.354. The average molecular weight is 414 g/mol. The van der Waals surface area contributed by atoms with E-state index >= 15 is 0 Å². The van der Waals surface area contributed by atoms with Gasteiger partial charge in [0, 0.05) is 31.8 Å². The van der Waals surface area contributed by atoms with Crippen LogP contribution in [0.1, 0.15) is 18.4 Å². The van der Waals surface area contributed by atoms with Crippen molar-refractivity contribution >= 4 is 47.1 Å². The number of hydrogen-bond acceptors (Lipinski definition) is 7. The van der Waals surface area contributed by atoms with Gasteiger partial charge in [-0.15, -0.1) is 12.4 Å². The second kappa shape index (κ2) is 9.98. The predicted octanol–water partition coefficient (Wildman–Crippen LogP) is 2.39. The van der Waals surface area contributed by atoms with Gasteiger partial charge >= 0.3 is 0 Å². The van der Waals surface area contributed by atoms with Crippen molar-refractivity contribution in [3.8, 4) is 5.75 Å². The molecule has 0 bridgehead atoms. The van der Waals surface area contributed by atoms with Gasteiger partial charge in [-0.3, -0.25) is 14.9 Å². The average Bonchev–Trinajstić information content (AvgIpc) is 2.92. The highest BCUT2D eigenvalue weighted by Crippen LogP contribution is 2.37. The molecule has 1 unspecified atom stereocenters. The Hall–Kier alpha value is -1.74. The Morgan fingerprint density at radius 1 is 1.37 bits per heavy atom. The van der Waals surface area contributed by atoms with Crippen LogP contribution in [0.4, 0.5) is 10.5 Å². The van der Waals surface area contributed by atoms with Gasteiger partial charge in [-0.25, -0.2) is 0 Å². The van der Waals surface area contributed by atoms with Crippen LogP contribution in [0.5, 0.6) is 5.75 Å². The van der Waals surface area contributed by atoms with Crippen molar-refractivity contribution in [3.05, 3.63) is 28.7 Å². The molecule has 0 aromatic heterocycles. The highest BCUT2D eigenvalue weighted by atomic mass is 35.5. The summed E-state index contributed by atoms with van der Waals surface area (Å²) in [5.41, 5.74) is 7.89. The molecule has 0 spiro atoms. The van der Waals surface area contributed by atoms with Crippen LogP contribution in [0.2, 0.25) is 0 Å². The predicted molar refractivity (Wildman–Crippen MR) is 110 cm³/mol. The van der Waals surface area contributed by atoms with E-state index in [9.17, 15) is 9.59 Å². The van der Waals surface area contributed by atoms with Gasteiger partial charge in [0.2, 0.25) is 0 Å². The molecule has 27 heavy (non-hydrogen) atoms. The Balaban J connectivity index is 0.00000261. The molecule has 2 amide bonds. The lowest BCUT2D eigenvalue weighted by molar-refractivity contribution is -0.115. The van der Waals surface area contributed by atoms with Crippen molar-refractivity contribution in [2.24, 2.45) is 5.73 Å². The molecule has 2 saturated heterocycles. The van der Waals surface area contributed by atoms with E-state index in [1.54, 1.807) is 13.2 Å². The Morgan fingerprint density at radius 3 is 2.85 bits per heavy atom. The fourth-order valence-electron chi connectivity index (χ4n) is 3.12. The summed E-state index contributed by atoms with van der Waals surface area (Å²) in [6.45, 7) is 2.50. The normalized spacial score (nSPS) is 21.2. The van der Waals surface area contributed by atoms with Crippen LogP contribution >= 0.6 is 24.2 Å². The second-order valence-corrected chi connectivity index (χ2v) is 7.25. The van der Waals surface area contributed by atoms with Gasteiger partial charge in [-0.05, 0) is 36.7 Å². The van der Waals surface area contributed by atoms with Crippen molar-refractivity contribution in [2.45, 2.75) is 18.9 Å². The van der Waals surface area contributed by atoms with E-state index in [2.05, 4.69) is 10.2 Å². The van der Waals surface area contributed by atoms with E-state index in [-0.39, 0.29) is 29.6 Å². The summed E-state index contributed by atoms with van der Waals surface area (Å²) >= 11 is 0.909. The van der Waals surface area contributed by atoms with E-state index in [1.165, 1.54) is 0 Å². The van der Waals surface area contributed by atoms with Gasteiger partial charge in [0.15, 0.2) is 0 Å². The summed E-state index contributed by atoms with van der Waals surface area (Å²) in [7, 11) is 1.63. The molecule has 3 N–H and O–H groups in total. The molecule has 2 aliphatic rings. The quantitative estimate of drug-likeness (QED) is 0.546. The van der Waals surface area contributed by atoms with Gasteiger partial charge in [0.25, 0.3) is 11.1 Å². The van der Waals surface area contributed by atoms with E-state index < -0.39 is 0 Å². The van der Waals surface area contributed by atoms with Crippen molar-refractivity contribution in [1.29, 1.82) is 0 Å². The van der Waals surface area contributed by atoms with Crippen molar-refractivity contribution in [1.82, 2.24) is 5.32 Å². The first-order valence-corrected chi connectivity index (χ1v) is 9.40. The molecule has 1 atom stereocenters. The zero-order valence-electron chi connectivity index (χ0n) is 15.1. The number of carbonyl (C=O) groups excluding carboxylic acids is 2. The number of halogens is 1. The highest BCUT2D eigenvalue weighted by molar-refractivity contribution is 8.18. The third kappa shape index (κ3) is 5.38. The number of para-hydroxylation sites is 1. The minimum absolute atomic E-state index is 0. The number of amides is 2. The second-order valence-electron chi connectivity index (χ2n) is 6.24. The van der Waals surface area contributed by atoms with Gasteiger partial charge in [-0.1, -0.05) is 12.1 Å². The molecule has 2 fully saturated rings. The molecule has 2 heterocycles. The van der Waals surface area contributed by atoms with Crippen LogP contribution < -0.4 is 20.7 Å². The lowest BCUT2D eigenvalue weighted by Crippen LogP contribution is -2.43. The smallest absolute Gasteiger partial charge is 0.290 e. The molecule has 3 rings (SSSR count). The van der Waals surface area contributed by atoms with E-state index in [0.717, 1.165) is 54.7 Å². The molecule has 1 aromatic rings. The number of nitrogens with two attached hydrogens (primary N) is 1. The molecule has 0 radical (unpaired) electrons. The number of imide groups is 1.